The van der Waals surface area contributed by atoms with Crippen LogP contribution in [0.5, 0.6) is 5.75 Å². The van der Waals surface area contributed by atoms with Crippen molar-refractivity contribution in [3.63, 3.8) is 0 Å². The van der Waals surface area contributed by atoms with Crippen LogP contribution in [-0.4, -0.2) is 16.9 Å². The number of nitrogens with two attached hydrogens (primary N) is 1. The molecule has 0 aliphatic rings. The number of nitro benzene ring substituents is 1. The Bertz CT molecular complexity index is 422. The molecule has 0 aliphatic heterocycles. The monoisotopic (exact) mass is 239 g/mol. The summed E-state index contributed by atoms with van der Waals surface area (Å²) in [6, 6.07) is 5.63. The first kappa shape index (κ1) is 12.9. The quantitative estimate of drug-likeness (QED) is 0.341. The highest BCUT2D eigenvalue weighted by molar-refractivity contribution is 5.80. The van der Waals surface area contributed by atoms with Crippen molar-refractivity contribution in [2.45, 2.75) is 19.4 Å². The van der Waals surface area contributed by atoms with Gasteiger partial charge in [-0.3, -0.25) is 20.3 Å². The Morgan fingerprint density at radius 1 is 1.65 bits per heavy atom. The Labute approximate surface area is 97.7 Å². The zero-order chi connectivity index (χ0) is 12.8. The van der Waals surface area contributed by atoms with Gasteiger partial charge in [-0.05, 0) is 12.5 Å². The molecule has 0 spiro atoms. The second-order valence-corrected chi connectivity index (χ2v) is 3.28. The molecule has 1 unspecified atom stereocenters. The van der Waals surface area contributed by atoms with Crippen molar-refractivity contribution in [1.82, 2.24) is 5.43 Å². The number of nitro groups is 1. The summed E-state index contributed by atoms with van der Waals surface area (Å²) < 4.78 is 5.31. The molecule has 0 aromatic heterocycles. The summed E-state index contributed by atoms with van der Waals surface area (Å²) in [6.07, 6.45) is -0.354. The van der Waals surface area contributed by atoms with E-state index < -0.39 is 16.9 Å². The second-order valence-electron chi connectivity index (χ2n) is 3.28. The van der Waals surface area contributed by atoms with Gasteiger partial charge in [-0.2, -0.15) is 0 Å². The van der Waals surface area contributed by atoms with Gasteiger partial charge < -0.3 is 4.74 Å². The van der Waals surface area contributed by atoms with E-state index in [9.17, 15) is 14.9 Å². The van der Waals surface area contributed by atoms with Crippen LogP contribution in [0.1, 0.15) is 13.3 Å². The van der Waals surface area contributed by atoms with Gasteiger partial charge in [-0.15, -0.1) is 0 Å². The van der Waals surface area contributed by atoms with Crippen LogP contribution in [-0.2, 0) is 4.79 Å². The largest absolute Gasteiger partial charge is 0.480 e. The van der Waals surface area contributed by atoms with Crippen LogP contribution >= 0.6 is 0 Å². The number of rotatable bonds is 5. The van der Waals surface area contributed by atoms with Crippen LogP contribution in [0.25, 0.3) is 0 Å². The Balaban J connectivity index is 2.83. The lowest BCUT2D eigenvalue weighted by Crippen LogP contribution is -2.41. The average molecular weight is 239 g/mol. The van der Waals surface area contributed by atoms with Crippen LogP contribution in [0.2, 0.25) is 0 Å². The molecule has 92 valence electrons. The highest BCUT2D eigenvalue weighted by Gasteiger charge is 2.18. The van der Waals surface area contributed by atoms with E-state index in [1.165, 1.54) is 18.2 Å². The molecule has 0 aliphatic carbocycles. The fourth-order valence-electron chi connectivity index (χ4n) is 1.25. The number of nitrogens with zero attached hydrogens (tertiary/aromatic N) is 1. The molecule has 1 aromatic carbocycles. The third-order valence-corrected chi connectivity index (χ3v) is 2.11. The van der Waals surface area contributed by atoms with Gasteiger partial charge in [-0.25, -0.2) is 5.84 Å². The van der Waals surface area contributed by atoms with Crippen LogP contribution in [0, 0.1) is 10.1 Å². The molecule has 0 fully saturated rings. The minimum Gasteiger partial charge on any atom is -0.480 e. The van der Waals surface area contributed by atoms with Crippen LogP contribution < -0.4 is 16.0 Å². The number of carbonyl (C=O) groups is 1. The molecule has 7 heteroatoms. The SMILES string of the molecule is CCC(Oc1cccc([N+](=O)[O-])c1)C(=O)NN. The molecule has 17 heavy (non-hydrogen) atoms. The maximum absolute atomic E-state index is 11.3. The lowest BCUT2D eigenvalue weighted by Gasteiger charge is -2.15. The predicted molar refractivity (Wildman–Crippen MR) is 60.1 cm³/mol. The minimum absolute atomic E-state index is 0.0921. The molecular formula is C10H13N3O4. The van der Waals surface area contributed by atoms with Crippen molar-refractivity contribution in [3.8, 4) is 5.75 Å². The number of benzene rings is 1. The first-order valence-corrected chi connectivity index (χ1v) is 5.00. The molecule has 3 N–H and O–H groups in total. The fraction of sp³-hybridized carbons (Fsp3) is 0.300. The van der Waals surface area contributed by atoms with Crippen LogP contribution in [0.3, 0.4) is 0 Å². The third kappa shape index (κ3) is 3.42. The van der Waals surface area contributed by atoms with E-state index in [4.69, 9.17) is 10.6 Å². The molecule has 0 heterocycles. The van der Waals surface area contributed by atoms with Gasteiger partial charge in [0.05, 0.1) is 11.0 Å². The second kappa shape index (κ2) is 5.80. The highest BCUT2D eigenvalue weighted by Crippen LogP contribution is 2.20. The van der Waals surface area contributed by atoms with E-state index in [0.29, 0.717) is 6.42 Å². The summed E-state index contributed by atoms with van der Waals surface area (Å²) in [5.74, 6) is 4.78. The van der Waals surface area contributed by atoms with E-state index >= 15 is 0 Å². The van der Waals surface area contributed by atoms with Crippen molar-refractivity contribution in [2.75, 3.05) is 0 Å². The van der Waals surface area contributed by atoms with Crippen molar-refractivity contribution in [3.05, 3.63) is 34.4 Å². The topological polar surface area (TPSA) is 107 Å². The van der Waals surface area contributed by atoms with E-state index in [0.717, 1.165) is 0 Å². The van der Waals surface area contributed by atoms with Crippen molar-refractivity contribution in [2.24, 2.45) is 5.84 Å². The Morgan fingerprint density at radius 3 is 2.88 bits per heavy atom. The molecule has 7 nitrogen and oxygen atoms in total. The van der Waals surface area contributed by atoms with E-state index in [2.05, 4.69) is 0 Å². The predicted octanol–water partition coefficient (Wildman–Crippen LogP) is 0.742. The zero-order valence-electron chi connectivity index (χ0n) is 9.25. The summed E-state index contributed by atoms with van der Waals surface area (Å²) in [6.45, 7) is 1.75. The van der Waals surface area contributed by atoms with Crippen LogP contribution in [0.15, 0.2) is 24.3 Å². The van der Waals surface area contributed by atoms with Gasteiger partial charge in [0.15, 0.2) is 6.10 Å². The highest BCUT2D eigenvalue weighted by atomic mass is 16.6. The van der Waals surface area contributed by atoms with Gasteiger partial charge >= 0.3 is 0 Å². The number of amides is 1. The average Bonchev–Trinajstić information content (AvgIpc) is 2.35. The summed E-state index contributed by atoms with van der Waals surface area (Å²) in [4.78, 5) is 21.3. The minimum atomic E-state index is -0.762. The van der Waals surface area contributed by atoms with E-state index in [1.54, 1.807) is 13.0 Å². The normalized spacial score (nSPS) is 11.6. The first-order valence-electron chi connectivity index (χ1n) is 5.00. The fourth-order valence-corrected chi connectivity index (χ4v) is 1.25. The lowest BCUT2D eigenvalue weighted by atomic mass is 10.2. The molecule has 1 atom stereocenters. The summed E-state index contributed by atoms with van der Waals surface area (Å²) in [5.41, 5.74) is 1.88. The first-order chi connectivity index (χ1) is 8.08. The number of carbonyl (C=O) groups excluding carboxylic acids is 1. The summed E-state index contributed by atoms with van der Waals surface area (Å²) in [7, 11) is 0. The van der Waals surface area contributed by atoms with Crippen molar-refractivity contribution in [1.29, 1.82) is 0 Å². The standard InChI is InChI=1S/C10H13N3O4/c1-2-9(10(14)12-11)17-8-5-3-4-7(6-8)13(15)16/h3-6,9H,2,11H2,1H3,(H,12,14). The number of hydrogen-bond donors (Lipinski definition) is 2. The van der Waals surface area contributed by atoms with E-state index in [-0.39, 0.29) is 11.4 Å². The van der Waals surface area contributed by atoms with Crippen LogP contribution in [0.4, 0.5) is 5.69 Å². The molecule has 0 bridgehead atoms. The van der Waals surface area contributed by atoms with Gasteiger partial charge in [0.1, 0.15) is 5.75 Å². The number of non-ortho nitro benzene ring substituents is 1. The number of hydrazine groups is 1. The van der Waals surface area contributed by atoms with Crippen molar-refractivity contribution < 1.29 is 14.5 Å². The molecule has 1 rings (SSSR count). The lowest BCUT2D eigenvalue weighted by molar-refractivity contribution is -0.384. The molecule has 0 saturated heterocycles. The van der Waals surface area contributed by atoms with Gasteiger partial charge in [-0.1, -0.05) is 13.0 Å². The molecule has 0 radical (unpaired) electrons. The summed E-state index contributed by atoms with van der Waals surface area (Å²) >= 11 is 0. The molecule has 0 saturated carbocycles. The van der Waals surface area contributed by atoms with Gasteiger partial charge in [0.25, 0.3) is 11.6 Å². The number of ether oxygens (including phenoxy) is 1. The number of hydrogen-bond acceptors (Lipinski definition) is 5. The molecular weight excluding hydrogens is 226 g/mol. The van der Waals surface area contributed by atoms with Crippen molar-refractivity contribution >= 4 is 11.6 Å². The Hall–Kier alpha value is -2.15. The summed E-state index contributed by atoms with van der Waals surface area (Å²) in [5, 5.41) is 10.5. The molecule has 1 amide bonds. The van der Waals surface area contributed by atoms with Gasteiger partial charge in [0, 0.05) is 6.07 Å². The van der Waals surface area contributed by atoms with Gasteiger partial charge in [0.2, 0.25) is 0 Å². The van der Waals surface area contributed by atoms with E-state index in [1.807, 2.05) is 5.43 Å². The molecule has 1 aromatic rings. The maximum atomic E-state index is 11.3. The smallest absolute Gasteiger partial charge is 0.274 e. The maximum Gasteiger partial charge on any atom is 0.274 e. The third-order valence-electron chi connectivity index (χ3n) is 2.11. The zero-order valence-corrected chi connectivity index (χ0v) is 9.25. The Morgan fingerprint density at radius 2 is 2.35 bits per heavy atom. The Kier molecular flexibility index (Phi) is 4.41. The number of nitrogens with one attached hydrogen (secondary N) is 1.